The molecule has 0 fully saturated rings. The molecule has 0 aliphatic rings. The van der Waals surface area contributed by atoms with Gasteiger partial charge < -0.3 is 15.0 Å². The van der Waals surface area contributed by atoms with E-state index in [1.54, 1.807) is 25.4 Å². The fourth-order valence-corrected chi connectivity index (χ4v) is 2.69. The fraction of sp³-hybridized carbons (Fsp3) is 0.158. The summed E-state index contributed by atoms with van der Waals surface area (Å²) in [6, 6.07) is 17.6. The third-order valence-corrected chi connectivity index (χ3v) is 4.00. The molecule has 1 N–H and O–H groups in total. The highest BCUT2D eigenvalue weighted by Gasteiger charge is 2.07. The van der Waals surface area contributed by atoms with Gasteiger partial charge in [0.05, 0.1) is 12.1 Å². The van der Waals surface area contributed by atoms with E-state index in [0.717, 1.165) is 18.1 Å². The van der Waals surface area contributed by atoms with Crippen molar-refractivity contribution in [1.29, 1.82) is 0 Å². The van der Waals surface area contributed by atoms with Crippen LogP contribution in [-0.2, 0) is 6.54 Å². The molecule has 1 heterocycles. The molecular formula is C19H19ClN4O. The average molecular weight is 355 g/mol. The normalized spacial score (nSPS) is 10.4. The van der Waals surface area contributed by atoms with Gasteiger partial charge in [0, 0.05) is 25.5 Å². The Labute approximate surface area is 152 Å². The summed E-state index contributed by atoms with van der Waals surface area (Å²) in [5.41, 5.74) is 2.02. The quantitative estimate of drug-likeness (QED) is 0.705. The molecule has 0 aliphatic heterocycles. The van der Waals surface area contributed by atoms with Crippen LogP contribution in [0.15, 0.2) is 60.8 Å². The van der Waals surface area contributed by atoms with Crippen molar-refractivity contribution in [3.63, 3.8) is 0 Å². The summed E-state index contributed by atoms with van der Waals surface area (Å²) in [6.07, 6.45) is 1.73. The first-order valence-corrected chi connectivity index (χ1v) is 8.22. The van der Waals surface area contributed by atoms with E-state index in [2.05, 4.69) is 32.3 Å². The highest BCUT2D eigenvalue weighted by Crippen LogP contribution is 2.28. The summed E-state index contributed by atoms with van der Waals surface area (Å²) in [7, 11) is 3.59. The Bertz CT molecular complexity index is 842. The number of aromatic nitrogens is 2. The minimum atomic E-state index is 0.513. The lowest BCUT2D eigenvalue weighted by Gasteiger charge is -2.18. The number of nitrogens with one attached hydrogen (secondary N) is 1. The number of hydrogen-bond acceptors (Lipinski definition) is 5. The molecule has 0 spiro atoms. The molecular weight excluding hydrogens is 336 g/mol. The molecule has 3 rings (SSSR count). The molecule has 0 saturated heterocycles. The predicted octanol–water partition coefficient (Wildman–Crippen LogP) is 4.52. The topological polar surface area (TPSA) is 50.3 Å². The van der Waals surface area contributed by atoms with Crippen LogP contribution in [0.25, 0.3) is 0 Å². The van der Waals surface area contributed by atoms with Gasteiger partial charge in [-0.2, -0.15) is 4.98 Å². The van der Waals surface area contributed by atoms with Gasteiger partial charge in [-0.25, -0.2) is 4.98 Å². The van der Waals surface area contributed by atoms with Crippen molar-refractivity contribution >= 4 is 29.1 Å². The molecule has 0 amide bonds. The molecule has 128 valence electrons. The molecule has 25 heavy (non-hydrogen) atoms. The lowest BCUT2D eigenvalue weighted by molar-refractivity contribution is 0.415. The molecule has 0 saturated carbocycles. The van der Waals surface area contributed by atoms with Crippen molar-refractivity contribution in [3.8, 4) is 5.75 Å². The van der Waals surface area contributed by atoms with Gasteiger partial charge in [0.25, 0.3) is 0 Å². The lowest BCUT2D eigenvalue weighted by Crippen LogP contribution is -2.18. The number of hydrogen-bond donors (Lipinski definition) is 1. The van der Waals surface area contributed by atoms with Gasteiger partial charge in [0.2, 0.25) is 5.95 Å². The van der Waals surface area contributed by atoms with E-state index in [1.165, 1.54) is 5.56 Å². The van der Waals surface area contributed by atoms with Crippen LogP contribution in [0.5, 0.6) is 5.75 Å². The molecule has 0 radical (unpaired) electrons. The van der Waals surface area contributed by atoms with Crippen LogP contribution in [0.1, 0.15) is 5.56 Å². The highest BCUT2D eigenvalue weighted by molar-refractivity contribution is 6.32. The first-order chi connectivity index (χ1) is 12.2. The zero-order chi connectivity index (χ0) is 17.6. The van der Waals surface area contributed by atoms with Crippen LogP contribution in [0.4, 0.5) is 17.5 Å². The number of rotatable bonds is 6. The molecule has 1 aromatic heterocycles. The molecule has 0 aliphatic carbocycles. The maximum atomic E-state index is 6.15. The number of benzene rings is 2. The second kappa shape index (κ2) is 7.85. The second-order valence-corrected chi connectivity index (χ2v) is 5.96. The van der Waals surface area contributed by atoms with E-state index in [4.69, 9.17) is 16.3 Å². The second-order valence-electron chi connectivity index (χ2n) is 5.55. The van der Waals surface area contributed by atoms with Gasteiger partial charge in [-0.1, -0.05) is 41.9 Å². The maximum absolute atomic E-state index is 6.15. The Morgan fingerprint density at radius 1 is 1.12 bits per heavy atom. The maximum Gasteiger partial charge on any atom is 0.229 e. The van der Waals surface area contributed by atoms with Crippen molar-refractivity contribution in [2.45, 2.75) is 6.54 Å². The Morgan fingerprint density at radius 3 is 2.64 bits per heavy atom. The smallest absolute Gasteiger partial charge is 0.229 e. The molecule has 3 aromatic rings. The zero-order valence-corrected chi connectivity index (χ0v) is 14.9. The van der Waals surface area contributed by atoms with E-state index in [9.17, 15) is 0 Å². The van der Waals surface area contributed by atoms with Crippen molar-refractivity contribution in [1.82, 2.24) is 9.97 Å². The lowest BCUT2D eigenvalue weighted by atomic mass is 10.2. The summed E-state index contributed by atoms with van der Waals surface area (Å²) in [5, 5.41) is 3.70. The molecule has 5 nitrogen and oxygen atoms in total. The van der Waals surface area contributed by atoms with E-state index in [0.29, 0.717) is 16.7 Å². The van der Waals surface area contributed by atoms with Crippen molar-refractivity contribution in [2.24, 2.45) is 0 Å². The first kappa shape index (κ1) is 17.0. The minimum Gasteiger partial charge on any atom is -0.495 e. The van der Waals surface area contributed by atoms with Crippen LogP contribution in [0.2, 0.25) is 5.02 Å². The Balaban J connectivity index is 1.74. The minimum absolute atomic E-state index is 0.513. The molecule has 0 bridgehead atoms. The number of methoxy groups -OCH3 is 1. The van der Waals surface area contributed by atoms with Gasteiger partial charge in [-0.3, -0.25) is 0 Å². The van der Waals surface area contributed by atoms with E-state index in [-0.39, 0.29) is 0 Å². The third-order valence-electron chi connectivity index (χ3n) is 3.70. The molecule has 0 unspecified atom stereocenters. The molecule has 0 atom stereocenters. The monoisotopic (exact) mass is 354 g/mol. The van der Waals surface area contributed by atoms with Crippen LogP contribution < -0.4 is 15.0 Å². The van der Waals surface area contributed by atoms with Crippen LogP contribution in [-0.4, -0.2) is 24.1 Å². The van der Waals surface area contributed by atoms with Crippen molar-refractivity contribution in [2.75, 3.05) is 24.4 Å². The van der Waals surface area contributed by atoms with Crippen LogP contribution in [0.3, 0.4) is 0 Å². The van der Waals surface area contributed by atoms with Crippen LogP contribution >= 0.6 is 11.6 Å². The van der Waals surface area contributed by atoms with Gasteiger partial charge >= 0.3 is 0 Å². The predicted molar refractivity (Wildman–Crippen MR) is 102 cm³/mol. The van der Waals surface area contributed by atoms with Gasteiger partial charge in [-0.15, -0.1) is 0 Å². The highest BCUT2D eigenvalue weighted by atomic mass is 35.5. The van der Waals surface area contributed by atoms with Gasteiger partial charge in [0.1, 0.15) is 11.6 Å². The summed E-state index contributed by atoms with van der Waals surface area (Å²) in [6.45, 7) is 0.770. The average Bonchev–Trinajstić information content (AvgIpc) is 2.63. The Morgan fingerprint density at radius 2 is 1.92 bits per heavy atom. The summed E-state index contributed by atoms with van der Waals surface area (Å²) >= 11 is 6.15. The Kier molecular flexibility index (Phi) is 5.36. The third kappa shape index (κ3) is 4.39. The van der Waals surface area contributed by atoms with E-state index < -0.39 is 0 Å². The van der Waals surface area contributed by atoms with Crippen molar-refractivity contribution in [3.05, 3.63) is 71.4 Å². The fourth-order valence-electron chi connectivity index (χ4n) is 2.43. The Hall–Kier alpha value is -2.79. The SMILES string of the molecule is COc1ccc(Nc2nccc(N(C)Cc3ccccc3)n2)cc1Cl. The number of ether oxygens (including phenoxy) is 1. The zero-order valence-electron chi connectivity index (χ0n) is 14.1. The van der Waals surface area contributed by atoms with E-state index >= 15 is 0 Å². The van der Waals surface area contributed by atoms with Crippen molar-refractivity contribution < 1.29 is 4.74 Å². The largest absolute Gasteiger partial charge is 0.495 e. The molecule has 2 aromatic carbocycles. The standard InChI is InChI=1S/C19H19ClN4O/c1-24(13-14-6-4-3-5-7-14)18-10-11-21-19(23-18)22-15-8-9-17(25-2)16(20)12-15/h3-12H,13H2,1-2H3,(H,21,22,23). The first-order valence-electron chi connectivity index (χ1n) is 7.84. The van der Waals surface area contributed by atoms with E-state index in [1.807, 2.05) is 37.4 Å². The summed E-state index contributed by atoms with van der Waals surface area (Å²) in [5.74, 6) is 1.98. The number of anilines is 3. The van der Waals surface area contributed by atoms with Gasteiger partial charge in [0.15, 0.2) is 0 Å². The van der Waals surface area contributed by atoms with Crippen LogP contribution in [0, 0.1) is 0 Å². The summed E-state index contributed by atoms with van der Waals surface area (Å²) < 4.78 is 5.16. The summed E-state index contributed by atoms with van der Waals surface area (Å²) in [4.78, 5) is 10.9. The molecule has 6 heteroatoms. The number of halogens is 1. The number of nitrogens with zero attached hydrogens (tertiary/aromatic N) is 3. The van der Waals surface area contributed by atoms with Gasteiger partial charge in [-0.05, 0) is 29.8 Å².